The fourth-order valence-electron chi connectivity index (χ4n) is 3.31. The van der Waals surface area contributed by atoms with Crippen molar-refractivity contribution in [3.8, 4) is 22.5 Å². The van der Waals surface area contributed by atoms with Crippen LogP contribution in [-0.4, -0.2) is 21.2 Å². The van der Waals surface area contributed by atoms with Crippen molar-refractivity contribution in [2.24, 2.45) is 0 Å². The minimum atomic E-state index is -4.30. The van der Waals surface area contributed by atoms with Gasteiger partial charge >= 0.3 is 11.7 Å². The molecule has 170 valence electrons. The predicted molar refractivity (Wildman–Crippen MR) is 121 cm³/mol. The Labute approximate surface area is 193 Å². The molecular weight excluding hydrogens is 452 g/mol. The molecular formula is C25H20F4N2OS. The summed E-state index contributed by atoms with van der Waals surface area (Å²) in [6.45, 7) is 0.0872. The number of hydrogen-bond donors (Lipinski definition) is 0. The first kappa shape index (κ1) is 23.1. The molecule has 0 amide bonds. The molecule has 4 rings (SSSR count). The van der Waals surface area contributed by atoms with Crippen molar-refractivity contribution in [3.63, 3.8) is 0 Å². The summed E-state index contributed by atoms with van der Waals surface area (Å²) >= 11 is -0.260. The molecule has 0 saturated carbocycles. The molecule has 0 bridgehead atoms. The molecule has 0 saturated heterocycles. The third-order valence-electron chi connectivity index (χ3n) is 4.84. The van der Waals surface area contributed by atoms with Crippen LogP contribution in [0, 0.1) is 0 Å². The molecule has 8 heteroatoms. The van der Waals surface area contributed by atoms with Crippen LogP contribution in [0.1, 0.15) is 5.56 Å². The number of rotatable bonds is 9. The third kappa shape index (κ3) is 5.46. The van der Waals surface area contributed by atoms with Crippen LogP contribution < -0.4 is 0 Å². The fourth-order valence-corrected chi connectivity index (χ4v) is 4.03. The van der Waals surface area contributed by atoms with Gasteiger partial charge in [0.15, 0.2) is 5.16 Å². The molecule has 0 N–H and O–H groups in total. The van der Waals surface area contributed by atoms with E-state index in [1.807, 2.05) is 66.7 Å². The number of thioether (sulfide) groups is 1. The first-order valence-electron chi connectivity index (χ1n) is 10.1. The topological polar surface area (TPSA) is 27.1 Å². The van der Waals surface area contributed by atoms with Crippen molar-refractivity contribution in [2.75, 3.05) is 0 Å². The van der Waals surface area contributed by atoms with Gasteiger partial charge in [0.25, 0.3) is 0 Å². The summed E-state index contributed by atoms with van der Waals surface area (Å²) in [6.07, 6.45) is -3.83. The zero-order chi connectivity index (χ0) is 23.3. The number of hydrogen-bond acceptors (Lipinski definition) is 3. The van der Waals surface area contributed by atoms with Crippen LogP contribution in [0.15, 0.2) is 96.2 Å². The zero-order valence-electron chi connectivity index (χ0n) is 17.4. The van der Waals surface area contributed by atoms with Crippen molar-refractivity contribution in [1.82, 2.24) is 9.55 Å². The zero-order valence-corrected chi connectivity index (χ0v) is 18.2. The van der Waals surface area contributed by atoms with E-state index < -0.39 is 11.7 Å². The summed E-state index contributed by atoms with van der Waals surface area (Å²) in [6, 6.07) is 27.5. The maximum absolute atomic E-state index is 14.1. The predicted octanol–water partition coefficient (Wildman–Crippen LogP) is 7.34. The van der Waals surface area contributed by atoms with Crippen molar-refractivity contribution >= 4 is 11.8 Å². The summed E-state index contributed by atoms with van der Waals surface area (Å²) in [4.78, 5) is 4.38. The lowest BCUT2D eigenvalue weighted by atomic mass is 10.0. The highest BCUT2D eigenvalue weighted by molar-refractivity contribution is 8.00. The third-order valence-corrected chi connectivity index (χ3v) is 5.78. The first-order valence-corrected chi connectivity index (χ1v) is 11.0. The largest absolute Gasteiger partial charge is 0.360 e. The highest BCUT2D eigenvalue weighted by Gasteiger charge is 2.44. The van der Waals surface area contributed by atoms with Gasteiger partial charge in [-0.3, -0.25) is 4.57 Å². The molecule has 1 heterocycles. The van der Waals surface area contributed by atoms with Crippen LogP contribution in [-0.2, 0) is 18.1 Å². The van der Waals surface area contributed by atoms with E-state index >= 15 is 0 Å². The number of imidazole rings is 1. The minimum Gasteiger partial charge on any atom is -0.356 e. The summed E-state index contributed by atoms with van der Waals surface area (Å²) in [5.41, 5.74) is 3.22. The maximum atomic E-state index is 14.1. The van der Waals surface area contributed by atoms with Gasteiger partial charge in [0, 0.05) is 11.1 Å². The van der Waals surface area contributed by atoms with Crippen LogP contribution in [0.2, 0.25) is 0 Å². The Balaban J connectivity index is 1.79. The highest BCUT2D eigenvalue weighted by atomic mass is 32.2. The molecule has 0 aliphatic carbocycles. The highest BCUT2D eigenvalue weighted by Crippen LogP contribution is 2.43. The molecule has 3 aromatic carbocycles. The van der Waals surface area contributed by atoms with Crippen molar-refractivity contribution in [1.29, 1.82) is 0 Å². The maximum Gasteiger partial charge on any atom is 0.360 e. The second-order valence-corrected chi connectivity index (χ2v) is 8.29. The van der Waals surface area contributed by atoms with Gasteiger partial charge in [-0.2, -0.15) is 8.78 Å². The van der Waals surface area contributed by atoms with Gasteiger partial charge in [0.2, 0.25) is 0 Å². The normalized spacial score (nSPS) is 11.8. The molecule has 0 atom stereocenters. The Kier molecular flexibility index (Phi) is 7.15. The Morgan fingerprint density at radius 2 is 1.36 bits per heavy atom. The van der Waals surface area contributed by atoms with E-state index in [9.17, 15) is 17.6 Å². The van der Waals surface area contributed by atoms with E-state index in [0.29, 0.717) is 22.5 Å². The van der Waals surface area contributed by atoms with Gasteiger partial charge < -0.3 is 4.74 Å². The molecule has 0 unspecified atom stereocenters. The number of alkyl halides is 4. The van der Waals surface area contributed by atoms with Crippen molar-refractivity contribution < 1.29 is 22.3 Å². The van der Waals surface area contributed by atoms with Crippen LogP contribution in [0.5, 0.6) is 0 Å². The molecule has 4 aromatic rings. The van der Waals surface area contributed by atoms with Crippen LogP contribution >= 0.6 is 11.8 Å². The Bertz CT molecular complexity index is 1170. The average molecular weight is 473 g/mol. The Morgan fingerprint density at radius 1 is 0.818 bits per heavy atom. The number of benzene rings is 3. The van der Waals surface area contributed by atoms with E-state index in [-0.39, 0.29) is 30.3 Å². The molecule has 0 aliphatic rings. The number of aromatic nitrogens is 2. The number of nitrogens with zero attached hydrogens (tertiary/aromatic N) is 2. The second kappa shape index (κ2) is 10.2. The monoisotopic (exact) mass is 472 g/mol. The smallest absolute Gasteiger partial charge is 0.356 e. The summed E-state index contributed by atoms with van der Waals surface area (Å²) in [7, 11) is 0. The molecule has 0 radical (unpaired) electrons. The summed E-state index contributed by atoms with van der Waals surface area (Å²) in [5.74, 6) is 0. The molecule has 3 nitrogen and oxygen atoms in total. The van der Waals surface area contributed by atoms with Crippen molar-refractivity contribution in [3.05, 3.63) is 96.6 Å². The van der Waals surface area contributed by atoms with E-state index in [1.54, 1.807) is 24.3 Å². The van der Waals surface area contributed by atoms with Gasteiger partial charge in [0.05, 0.1) is 18.0 Å². The van der Waals surface area contributed by atoms with E-state index in [1.165, 1.54) is 4.57 Å². The fraction of sp³-hybridized carbons (Fsp3) is 0.160. The van der Waals surface area contributed by atoms with Gasteiger partial charge in [0.1, 0.15) is 6.73 Å². The van der Waals surface area contributed by atoms with Crippen molar-refractivity contribution in [2.45, 2.75) is 30.2 Å². The Morgan fingerprint density at radius 3 is 1.94 bits per heavy atom. The van der Waals surface area contributed by atoms with Crippen LogP contribution in [0.25, 0.3) is 22.5 Å². The van der Waals surface area contributed by atoms with Gasteiger partial charge in [-0.05, 0) is 17.3 Å². The Hall–Kier alpha value is -3.10. The molecule has 0 fully saturated rings. The molecule has 33 heavy (non-hydrogen) atoms. The van der Waals surface area contributed by atoms with Gasteiger partial charge in [-0.1, -0.05) is 91.0 Å². The molecule has 1 aromatic heterocycles. The van der Waals surface area contributed by atoms with E-state index in [4.69, 9.17) is 4.74 Å². The second-order valence-electron chi connectivity index (χ2n) is 7.18. The lowest BCUT2D eigenvalue weighted by molar-refractivity contribution is -0.0568. The average Bonchev–Trinajstić information content (AvgIpc) is 3.18. The van der Waals surface area contributed by atoms with E-state index in [2.05, 4.69) is 4.98 Å². The van der Waals surface area contributed by atoms with Crippen LogP contribution in [0.4, 0.5) is 17.6 Å². The summed E-state index contributed by atoms with van der Waals surface area (Å²) < 4.78 is 61.4. The van der Waals surface area contributed by atoms with Gasteiger partial charge in [-0.15, -0.1) is 0 Å². The molecule has 0 aliphatic heterocycles. The van der Waals surface area contributed by atoms with Crippen LogP contribution in [0.3, 0.4) is 0 Å². The first-order chi connectivity index (χ1) is 16.0. The summed E-state index contributed by atoms with van der Waals surface area (Å²) in [5, 5.41) is -4.55. The standard InChI is InChI=1S/C25H20F4N2OS/c26-23(27)25(28,29)33-24-30-21(19-12-6-2-7-13-19)22(20-14-8-3-9-15-20)31(24)17-32-16-18-10-4-1-5-11-18/h1-15,23H,16-17H2. The number of halogens is 4. The van der Waals surface area contributed by atoms with Gasteiger partial charge in [-0.25, -0.2) is 13.8 Å². The minimum absolute atomic E-state index is 0.138. The lowest BCUT2D eigenvalue weighted by Crippen LogP contribution is -2.22. The quantitative estimate of drug-likeness (QED) is 0.188. The van der Waals surface area contributed by atoms with E-state index in [0.717, 1.165) is 5.56 Å². The molecule has 0 spiro atoms. The number of ether oxygens (including phenoxy) is 1. The SMILES string of the molecule is FC(F)C(F)(F)Sc1nc(-c2ccccc2)c(-c2ccccc2)n1COCc1ccccc1. The lowest BCUT2D eigenvalue weighted by Gasteiger charge is -2.17.